The highest BCUT2D eigenvalue weighted by atomic mass is 19.1. The van der Waals surface area contributed by atoms with E-state index in [2.05, 4.69) is 20.6 Å². The molecule has 2 heterocycles. The van der Waals surface area contributed by atoms with Gasteiger partial charge in [-0.2, -0.15) is 0 Å². The number of hydrogen-bond acceptors (Lipinski definition) is 4. The first-order valence-electron chi connectivity index (χ1n) is 8.49. The van der Waals surface area contributed by atoms with Crippen LogP contribution in [0.2, 0.25) is 0 Å². The molecule has 2 amide bonds. The third-order valence-electron chi connectivity index (χ3n) is 3.66. The number of amides is 2. The maximum atomic E-state index is 13.1. The highest BCUT2D eigenvalue weighted by molar-refractivity contribution is 5.73. The summed E-state index contributed by atoms with van der Waals surface area (Å²) in [6.07, 6.45) is 3.99. The Bertz CT molecular complexity index is 873. The van der Waals surface area contributed by atoms with Crippen molar-refractivity contribution >= 4 is 6.03 Å². The summed E-state index contributed by atoms with van der Waals surface area (Å²) in [5.41, 5.74) is 1.75. The Labute approximate surface area is 156 Å². The summed E-state index contributed by atoms with van der Waals surface area (Å²) < 4.78 is 18.6. The molecule has 0 fully saturated rings. The fourth-order valence-electron chi connectivity index (χ4n) is 2.32. The van der Waals surface area contributed by atoms with E-state index >= 15 is 0 Å². The molecule has 0 unspecified atom stereocenters. The maximum absolute atomic E-state index is 13.1. The van der Waals surface area contributed by atoms with Gasteiger partial charge in [0.15, 0.2) is 0 Å². The van der Waals surface area contributed by atoms with Gasteiger partial charge in [0.05, 0.1) is 0 Å². The topological polar surface area (TPSA) is 76.1 Å². The Kier molecular flexibility index (Phi) is 6.30. The van der Waals surface area contributed by atoms with E-state index in [1.807, 2.05) is 18.2 Å². The molecule has 0 spiro atoms. The number of carbonyl (C=O) groups excluding carboxylic acids is 1. The molecular formula is C20H19FN4O2. The number of hydrogen-bond donors (Lipinski definition) is 2. The van der Waals surface area contributed by atoms with E-state index in [9.17, 15) is 9.18 Å². The van der Waals surface area contributed by atoms with E-state index in [1.54, 1.807) is 36.7 Å². The molecule has 3 aromatic rings. The van der Waals surface area contributed by atoms with Crippen molar-refractivity contribution in [2.75, 3.05) is 6.54 Å². The van der Waals surface area contributed by atoms with Gasteiger partial charge in [-0.05, 0) is 29.8 Å². The Hall–Kier alpha value is -3.48. The largest absolute Gasteiger partial charge is 0.439 e. The van der Waals surface area contributed by atoms with Crippen molar-refractivity contribution in [1.82, 2.24) is 20.6 Å². The van der Waals surface area contributed by atoms with Gasteiger partial charge in [0, 0.05) is 49.7 Å². The van der Waals surface area contributed by atoms with Crippen LogP contribution >= 0.6 is 0 Å². The summed E-state index contributed by atoms with van der Waals surface area (Å²) in [7, 11) is 0. The third kappa shape index (κ3) is 6.07. The van der Waals surface area contributed by atoms with Crippen molar-refractivity contribution in [2.45, 2.75) is 13.0 Å². The monoisotopic (exact) mass is 366 g/mol. The average Bonchev–Trinajstić information content (AvgIpc) is 2.68. The van der Waals surface area contributed by atoms with Gasteiger partial charge in [-0.15, -0.1) is 0 Å². The SMILES string of the molecule is O=C(NCCc1ccccn1)NCc1ccc(Oc2cccc(F)c2)nc1. The zero-order valence-electron chi connectivity index (χ0n) is 14.6. The number of urea groups is 1. The van der Waals surface area contributed by atoms with Crippen molar-refractivity contribution in [3.63, 3.8) is 0 Å². The second-order valence-corrected chi connectivity index (χ2v) is 5.74. The third-order valence-corrected chi connectivity index (χ3v) is 3.66. The molecule has 6 nitrogen and oxygen atoms in total. The van der Waals surface area contributed by atoms with Crippen molar-refractivity contribution in [3.05, 3.63) is 84.1 Å². The van der Waals surface area contributed by atoms with E-state index in [0.29, 0.717) is 31.1 Å². The van der Waals surface area contributed by atoms with Crippen molar-refractivity contribution in [3.8, 4) is 11.6 Å². The Balaban J connectivity index is 1.41. The van der Waals surface area contributed by atoms with Crippen molar-refractivity contribution < 1.29 is 13.9 Å². The Morgan fingerprint density at radius 3 is 2.70 bits per heavy atom. The van der Waals surface area contributed by atoms with E-state index in [-0.39, 0.29) is 11.8 Å². The minimum absolute atomic E-state index is 0.258. The average molecular weight is 366 g/mol. The number of nitrogens with one attached hydrogen (secondary N) is 2. The fraction of sp³-hybridized carbons (Fsp3) is 0.150. The van der Waals surface area contributed by atoms with Gasteiger partial charge < -0.3 is 15.4 Å². The van der Waals surface area contributed by atoms with Crippen LogP contribution < -0.4 is 15.4 Å². The summed E-state index contributed by atoms with van der Waals surface area (Å²) in [4.78, 5) is 20.2. The van der Waals surface area contributed by atoms with Gasteiger partial charge in [-0.3, -0.25) is 4.98 Å². The van der Waals surface area contributed by atoms with Crippen molar-refractivity contribution in [1.29, 1.82) is 0 Å². The second kappa shape index (κ2) is 9.28. The molecule has 0 aliphatic carbocycles. The number of halogens is 1. The van der Waals surface area contributed by atoms with E-state index in [1.165, 1.54) is 12.1 Å². The summed E-state index contributed by atoms with van der Waals surface area (Å²) in [5, 5.41) is 5.54. The van der Waals surface area contributed by atoms with Gasteiger partial charge in [0.2, 0.25) is 5.88 Å². The lowest BCUT2D eigenvalue weighted by Crippen LogP contribution is -2.36. The van der Waals surface area contributed by atoms with Gasteiger partial charge in [0.1, 0.15) is 11.6 Å². The Morgan fingerprint density at radius 1 is 1.04 bits per heavy atom. The molecule has 2 aromatic heterocycles. The lowest BCUT2D eigenvalue weighted by atomic mass is 10.3. The van der Waals surface area contributed by atoms with Crippen LogP contribution in [0.15, 0.2) is 67.0 Å². The lowest BCUT2D eigenvalue weighted by Gasteiger charge is -2.08. The number of carbonyl (C=O) groups is 1. The normalized spacial score (nSPS) is 10.3. The fourth-order valence-corrected chi connectivity index (χ4v) is 2.32. The maximum Gasteiger partial charge on any atom is 0.315 e. The quantitative estimate of drug-likeness (QED) is 0.672. The number of nitrogens with zero attached hydrogens (tertiary/aromatic N) is 2. The van der Waals surface area contributed by atoms with Gasteiger partial charge >= 0.3 is 6.03 Å². The smallest absolute Gasteiger partial charge is 0.315 e. The van der Waals surface area contributed by atoms with Crippen LogP contribution in [0, 0.1) is 5.82 Å². The first-order chi connectivity index (χ1) is 13.2. The number of rotatable bonds is 7. The predicted molar refractivity (Wildman–Crippen MR) is 98.9 cm³/mol. The molecule has 0 saturated carbocycles. The Morgan fingerprint density at radius 2 is 1.96 bits per heavy atom. The van der Waals surface area contributed by atoms with Crippen LogP contribution in [-0.4, -0.2) is 22.5 Å². The molecule has 0 aliphatic heterocycles. The summed E-state index contributed by atoms with van der Waals surface area (Å²) >= 11 is 0. The molecule has 0 radical (unpaired) electrons. The van der Waals surface area contributed by atoms with Crippen LogP contribution in [0.1, 0.15) is 11.3 Å². The second-order valence-electron chi connectivity index (χ2n) is 5.74. The van der Waals surface area contributed by atoms with Crippen LogP contribution in [0.25, 0.3) is 0 Å². The molecule has 0 bridgehead atoms. The molecule has 0 atom stereocenters. The zero-order valence-corrected chi connectivity index (χ0v) is 14.6. The molecule has 27 heavy (non-hydrogen) atoms. The van der Waals surface area contributed by atoms with Gasteiger partial charge in [-0.25, -0.2) is 14.2 Å². The van der Waals surface area contributed by atoms with Gasteiger partial charge in [0.25, 0.3) is 0 Å². The summed E-state index contributed by atoms with van der Waals surface area (Å²) in [6.45, 7) is 0.837. The van der Waals surface area contributed by atoms with E-state index in [0.717, 1.165) is 11.3 Å². The van der Waals surface area contributed by atoms with Crippen LogP contribution in [0.4, 0.5) is 9.18 Å². The standard InChI is InChI=1S/C20H19FN4O2/c21-16-4-3-6-18(12-16)27-19-8-7-15(13-24-19)14-25-20(26)23-11-9-17-5-1-2-10-22-17/h1-8,10,12-13H,9,11,14H2,(H2,23,25,26). The zero-order chi connectivity index (χ0) is 18.9. The summed E-state index contributed by atoms with van der Waals surface area (Å²) in [5.74, 6) is 0.354. The van der Waals surface area contributed by atoms with Crippen LogP contribution in [-0.2, 0) is 13.0 Å². The van der Waals surface area contributed by atoms with Crippen LogP contribution in [0.3, 0.4) is 0 Å². The number of aromatic nitrogens is 2. The molecule has 0 saturated heterocycles. The van der Waals surface area contributed by atoms with Gasteiger partial charge in [-0.1, -0.05) is 18.2 Å². The van der Waals surface area contributed by atoms with Crippen molar-refractivity contribution in [2.24, 2.45) is 0 Å². The van der Waals surface area contributed by atoms with Crippen LogP contribution in [0.5, 0.6) is 11.6 Å². The molecule has 1 aromatic carbocycles. The number of ether oxygens (including phenoxy) is 1. The molecule has 2 N–H and O–H groups in total. The minimum atomic E-state index is -0.373. The number of benzene rings is 1. The highest BCUT2D eigenvalue weighted by Crippen LogP contribution is 2.19. The predicted octanol–water partition coefficient (Wildman–Crippen LogP) is 3.45. The molecular weight excluding hydrogens is 347 g/mol. The number of pyridine rings is 2. The molecule has 3 rings (SSSR count). The first-order valence-corrected chi connectivity index (χ1v) is 8.49. The summed E-state index contributed by atoms with van der Waals surface area (Å²) in [6, 6.07) is 14.7. The highest BCUT2D eigenvalue weighted by Gasteiger charge is 2.03. The molecule has 7 heteroatoms. The van der Waals surface area contributed by atoms with E-state index in [4.69, 9.17) is 4.74 Å². The lowest BCUT2D eigenvalue weighted by molar-refractivity contribution is 0.240. The molecule has 0 aliphatic rings. The minimum Gasteiger partial charge on any atom is -0.439 e. The first kappa shape index (κ1) is 18.3. The molecule has 138 valence electrons. The van der Waals surface area contributed by atoms with E-state index < -0.39 is 0 Å².